The highest BCUT2D eigenvalue weighted by atomic mass is 16.2. The van der Waals surface area contributed by atoms with Gasteiger partial charge in [0.1, 0.15) is 0 Å². The Hall–Kier alpha value is -0.610. The second-order valence-electron chi connectivity index (χ2n) is 5.49. The Bertz CT molecular complexity index is 242. The summed E-state index contributed by atoms with van der Waals surface area (Å²) in [6, 6.07) is -0.173. The van der Waals surface area contributed by atoms with Crippen LogP contribution in [0.5, 0.6) is 0 Å². The van der Waals surface area contributed by atoms with Gasteiger partial charge in [-0.15, -0.1) is 0 Å². The first-order valence-corrected chi connectivity index (χ1v) is 7.74. The normalized spacial score (nSPS) is 16.2. The van der Waals surface area contributed by atoms with Crippen molar-refractivity contribution in [2.24, 2.45) is 11.7 Å². The van der Waals surface area contributed by atoms with E-state index in [9.17, 15) is 4.79 Å². The summed E-state index contributed by atoms with van der Waals surface area (Å²) >= 11 is 0. The quantitative estimate of drug-likeness (QED) is 0.639. The van der Waals surface area contributed by atoms with Crippen LogP contribution in [0.3, 0.4) is 0 Å². The number of carbonyl (C=O) groups excluding carboxylic acids is 1. The number of nitrogens with zero attached hydrogens (tertiary/aromatic N) is 1. The molecule has 114 valence electrons. The SMILES string of the molecule is CCC(C)C(N)C(=O)NC(C)CCCN(CC)CC. The van der Waals surface area contributed by atoms with Gasteiger partial charge in [-0.1, -0.05) is 34.1 Å². The van der Waals surface area contributed by atoms with Crippen LogP contribution in [0.4, 0.5) is 0 Å². The van der Waals surface area contributed by atoms with Crippen molar-refractivity contribution in [3.8, 4) is 0 Å². The summed E-state index contributed by atoms with van der Waals surface area (Å²) in [5.74, 6) is 0.229. The molecular formula is C15H33N3O. The summed E-state index contributed by atoms with van der Waals surface area (Å²) in [6.45, 7) is 13.8. The van der Waals surface area contributed by atoms with E-state index >= 15 is 0 Å². The van der Waals surface area contributed by atoms with Gasteiger partial charge in [-0.25, -0.2) is 0 Å². The lowest BCUT2D eigenvalue weighted by molar-refractivity contribution is -0.124. The van der Waals surface area contributed by atoms with E-state index in [1.807, 2.05) is 6.92 Å². The average Bonchev–Trinajstić information content (AvgIpc) is 2.41. The molecule has 0 aliphatic heterocycles. The maximum atomic E-state index is 11.9. The minimum absolute atomic E-state index is 0.00955. The number of carbonyl (C=O) groups is 1. The fraction of sp³-hybridized carbons (Fsp3) is 0.933. The maximum Gasteiger partial charge on any atom is 0.237 e. The molecule has 0 aromatic rings. The first kappa shape index (κ1) is 18.4. The molecule has 4 nitrogen and oxygen atoms in total. The summed E-state index contributed by atoms with van der Waals surface area (Å²) < 4.78 is 0. The van der Waals surface area contributed by atoms with Crippen molar-refractivity contribution in [1.82, 2.24) is 10.2 Å². The van der Waals surface area contributed by atoms with Crippen LogP contribution in [0.15, 0.2) is 0 Å². The van der Waals surface area contributed by atoms with E-state index in [0.29, 0.717) is 0 Å². The van der Waals surface area contributed by atoms with Crippen LogP contribution in [0, 0.1) is 5.92 Å². The lowest BCUT2D eigenvalue weighted by atomic mass is 9.99. The third-order valence-electron chi connectivity index (χ3n) is 3.95. The number of nitrogens with one attached hydrogen (secondary N) is 1. The highest BCUT2D eigenvalue weighted by Crippen LogP contribution is 2.06. The van der Waals surface area contributed by atoms with Crippen molar-refractivity contribution in [3.05, 3.63) is 0 Å². The smallest absolute Gasteiger partial charge is 0.237 e. The molecule has 0 heterocycles. The fourth-order valence-corrected chi connectivity index (χ4v) is 2.08. The molecule has 0 saturated carbocycles. The van der Waals surface area contributed by atoms with Gasteiger partial charge in [0.15, 0.2) is 0 Å². The van der Waals surface area contributed by atoms with Crippen LogP contribution < -0.4 is 11.1 Å². The molecule has 0 radical (unpaired) electrons. The Kier molecular flexibility index (Phi) is 9.88. The van der Waals surface area contributed by atoms with Gasteiger partial charge in [0.25, 0.3) is 0 Å². The topological polar surface area (TPSA) is 58.4 Å². The van der Waals surface area contributed by atoms with E-state index in [-0.39, 0.29) is 23.9 Å². The maximum absolute atomic E-state index is 11.9. The Morgan fingerprint density at radius 1 is 1.21 bits per heavy atom. The van der Waals surface area contributed by atoms with Crippen molar-refractivity contribution in [2.45, 2.75) is 66.0 Å². The van der Waals surface area contributed by atoms with E-state index in [4.69, 9.17) is 5.73 Å². The summed E-state index contributed by atoms with van der Waals surface area (Å²) in [6.07, 6.45) is 3.06. The van der Waals surface area contributed by atoms with E-state index in [0.717, 1.165) is 38.9 Å². The minimum Gasteiger partial charge on any atom is -0.352 e. The zero-order chi connectivity index (χ0) is 14.8. The molecule has 0 aliphatic carbocycles. The molecule has 0 aromatic carbocycles. The lowest BCUT2D eigenvalue weighted by Gasteiger charge is -2.22. The Morgan fingerprint density at radius 3 is 2.26 bits per heavy atom. The van der Waals surface area contributed by atoms with Crippen LogP contribution in [-0.4, -0.2) is 42.5 Å². The lowest BCUT2D eigenvalue weighted by Crippen LogP contribution is -2.47. The largest absolute Gasteiger partial charge is 0.352 e. The van der Waals surface area contributed by atoms with E-state index in [1.165, 1.54) is 0 Å². The minimum atomic E-state index is -0.379. The van der Waals surface area contributed by atoms with E-state index in [2.05, 4.69) is 37.9 Å². The van der Waals surface area contributed by atoms with E-state index < -0.39 is 0 Å². The molecule has 0 aromatic heterocycles. The molecular weight excluding hydrogens is 238 g/mol. The molecule has 0 spiro atoms. The number of amides is 1. The Labute approximate surface area is 119 Å². The predicted octanol–water partition coefficient (Wildman–Crippen LogP) is 1.99. The number of hydrogen-bond acceptors (Lipinski definition) is 3. The molecule has 0 fully saturated rings. The van der Waals surface area contributed by atoms with Gasteiger partial charge in [-0.3, -0.25) is 4.79 Å². The van der Waals surface area contributed by atoms with Gasteiger partial charge < -0.3 is 16.0 Å². The first-order chi connectivity index (χ1) is 8.96. The highest BCUT2D eigenvalue weighted by Gasteiger charge is 2.20. The second-order valence-corrected chi connectivity index (χ2v) is 5.49. The van der Waals surface area contributed by atoms with Crippen molar-refractivity contribution in [3.63, 3.8) is 0 Å². The van der Waals surface area contributed by atoms with Gasteiger partial charge in [0.2, 0.25) is 5.91 Å². The standard InChI is InChI=1S/C15H33N3O/c1-6-12(4)14(16)15(19)17-13(5)10-9-11-18(7-2)8-3/h12-14H,6-11,16H2,1-5H3,(H,17,19). The van der Waals surface area contributed by atoms with E-state index in [1.54, 1.807) is 0 Å². The number of nitrogens with two attached hydrogens (primary N) is 1. The molecule has 0 saturated heterocycles. The third-order valence-corrected chi connectivity index (χ3v) is 3.95. The summed E-state index contributed by atoms with van der Waals surface area (Å²) in [5.41, 5.74) is 5.92. The first-order valence-electron chi connectivity index (χ1n) is 7.74. The van der Waals surface area contributed by atoms with Gasteiger partial charge in [-0.2, -0.15) is 0 Å². The molecule has 19 heavy (non-hydrogen) atoms. The molecule has 3 N–H and O–H groups in total. The van der Waals surface area contributed by atoms with Crippen LogP contribution in [-0.2, 0) is 4.79 Å². The van der Waals surface area contributed by atoms with Crippen LogP contribution in [0.25, 0.3) is 0 Å². The van der Waals surface area contributed by atoms with Crippen molar-refractivity contribution in [2.75, 3.05) is 19.6 Å². The Balaban J connectivity index is 3.91. The van der Waals surface area contributed by atoms with Crippen molar-refractivity contribution in [1.29, 1.82) is 0 Å². The number of rotatable bonds is 10. The number of hydrogen-bond donors (Lipinski definition) is 2. The predicted molar refractivity (Wildman–Crippen MR) is 82.1 cm³/mol. The molecule has 0 rings (SSSR count). The third kappa shape index (κ3) is 7.53. The zero-order valence-corrected chi connectivity index (χ0v) is 13.4. The average molecular weight is 271 g/mol. The molecule has 3 unspecified atom stereocenters. The Morgan fingerprint density at radius 2 is 1.79 bits per heavy atom. The van der Waals surface area contributed by atoms with Crippen LogP contribution in [0.1, 0.15) is 53.9 Å². The van der Waals surface area contributed by atoms with Crippen molar-refractivity contribution < 1.29 is 4.79 Å². The van der Waals surface area contributed by atoms with Crippen LogP contribution in [0.2, 0.25) is 0 Å². The molecule has 0 aliphatic rings. The highest BCUT2D eigenvalue weighted by molar-refractivity contribution is 5.82. The molecule has 0 bridgehead atoms. The van der Waals surface area contributed by atoms with Gasteiger partial charge in [-0.05, 0) is 45.3 Å². The molecule has 4 heteroatoms. The summed E-state index contributed by atoms with van der Waals surface area (Å²) in [7, 11) is 0. The second kappa shape index (κ2) is 10.2. The van der Waals surface area contributed by atoms with Crippen molar-refractivity contribution >= 4 is 5.91 Å². The molecule has 3 atom stereocenters. The van der Waals surface area contributed by atoms with Crippen LogP contribution >= 0.6 is 0 Å². The van der Waals surface area contributed by atoms with Gasteiger partial charge in [0.05, 0.1) is 6.04 Å². The summed E-state index contributed by atoms with van der Waals surface area (Å²) in [4.78, 5) is 14.3. The summed E-state index contributed by atoms with van der Waals surface area (Å²) in [5, 5.41) is 3.02. The van der Waals surface area contributed by atoms with Gasteiger partial charge in [0, 0.05) is 6.04 Å². The molecule has 1 amide bonds. The zero-order valence-electron chi connectivity index (χ0n) is 13.4. The fourth-order valence-electron chi connectivity index (χ4n) is 2.08. The monoisotopic (exact) mass is 271 g/mol. The van der Waals surface area contributed by atoms with Gasteiger partial charge >= 0.3 is 0 Å².